The summed E-state index contributed by atoms with van der Waals surface area (Å²) in [6.07, 6.45) is 0. The van der Waals surface area contributed by atoms with Gasteiger partial charge in [0.25, 0.3) is 0 Å². The predicted molar refractivity (Wildman–Crippen MR) is 108 cm³/mol. The van der Waals surface area contributed by atoms with Gasteiger partial charge in [-0.3, -0.25) is 4.90 Å². The van der Waals surface area contributed by atoms with Gasteiger partial charge in [0.2, 0.25) is 10.0 Å². The van der Waals surface area contributed by atoms with Gasteiger partial charge in [0.15, 0.2) is 0 Å². The number of rotatable bonds is 6. The summed E-state index contributed by atoms with van der Waals surface area (Å²) in [6, 6.07) is 15.4. The van der Waals surface area contributed by atoms with Crippen molar-refractivity contribution < 1.29 is 13.2 Å². The quantitative estimate of drug-likeness (QED) is 0.759. The number of hydrogen-bond donors (Lipinski definition) is 0. The second-order valence-electron chi connectivity index (χ2n) is 6.90. The van der Waals surface area contributed by atoms with E-state index in [0.717, 1.165) is 44.0 Å². The summed E-state index contributed by atoms with van der Waals surface area (Å²) in [4.78, 5) is 5.06. The molecule has 3 rings (SSSR count). The van der Waals surface area contributed by atoms with Gasteiger partial charge in [-0.05, 0) is 29.8 Å². The van der Waals surface area contributed by atoms with Gasteiger partial charge in [0.05, 0.1) is 12.0 Å². The Hall–Kier alpha value is -2.09. The van der Waals surface area contributed by atoms with Crippen LogP contribution < -0.4 is 9.64 Å². The van der Waals surface area contributed by atoms with Crippen LogP contribution in [0.1, 0.15) is 5.56 Å². The molecule has 1 aliphatic rings. The highest BCUT2D eigenvalue weighted by Gasteiger charge is 2.20. The number of benzene rings is 2. The smallest absolute Gasteiger partial charge is 0.242 e. The Bertz CT molecular complexity index is 876. The summed E-state index contributed by atoms with van der Waals surface area (Å²) in [5.41, 5.74) is 2.20. The van der Waals surface area contributed by atoms with Gasteiger partial charge in [-0.2, -0.15) is 0 Å². The van der Waals surface area contributed by atoms with E-state index in [2.05, 4.69) is 21.9 Å². The zero-order chi connectivity index (χ0) is 19.4. The van der Waals surface area contributed by atoms with Gasteiger partial charge < -0.3 is 9.64 Å². The van der Waals surface area contributed by atoms with E-state index in [4.69, 9.17) is 4.74 Å². The van der Waals surface area contributed by atoms with Gasteiger partial charge in [-0.1, -0.05) is 18.2 Å². The van der Waals surface area contributed by atoms with E-state index in [1.807, 2.05) is 24.3 Å². The normalized spacial score (nSPS) is 15.9. The van der Waals surface area contributed by atoms with Crippen molar-refractivity contribution in [3.63, 3.8) is 0 Å². The van der Waals surface area contributed by atoms with E-state index >= 15 is 0 Å². The van der Waals surface area contributed by atoms with E-state index in [1.165, 1.54) is 9.99 Å². The molecular formula is C20H27N3O3S. The van der Waals surface area contributed by atoms with Crippen LogP contribution in [0.2, 0.25) is 0 Å². The fourth-order valence-corrected chi connectivity index (χ4v) is 4.22. The predicted octanol–water partition coefficient (Wildman–Crippen LogP) is 2.27. The van der Waals surface area contributed by atoms with Gasteiger partial charge in [-0.25, -0.2) is 12.7 Å². The molecule has 1 fully saturated rings. The van der Waals surface area contributed by atoms with Crippen LogP contribution in [0.4, 0.5) is 5.69 Å². The number of nitrogens with zero attached hydrogens (tertiary/aromatic N) is 3. The second-order valence-corrected chi connectivity index (χ2v) is 9.05. The summed E-state index contributed by atoms with van der Waals surface area (Å²) in [6.45, 7) is 4.48. The van der Waals surface area contributed by atoms with Crippen LogP contribution in [0.25, 0.3) is 0 Å². The highest BCUT2D eigenvalue weighted by atomic mass is 32.2. The fraction of sp³-hybridized carbons (Fsp3) is 0.400. The zero-order valence-corrected chi connectivity index (χ0v) is 16.9. The zero-order valence-electron chi connectivity index (χ0n) is 16.1. The number of hydrogen-bond acceptors (Lipinski definition) is 5. The summed E-state index contributed by atoms with van der Waals surface area (Å²) in [5, 5.41) is 0. The number of ether oxygens (including phenoxy) is 1. The summed E-state index contributed by atoms with van der Waals surface area (Å²) < 4.78 is 31.2. The second kappa shape index (κ2) is 8.29. The molecule has 2 aromatic carbocycles. The molecule has 0 atom stereocenters. The molecule has 1 heterocycles. The molecule has 0 unspecified atom stereocenters. The molecule has 1 aliphatic heterocycles. The van der Waals surface area contributed by atoms with E-state index in [1.54, 1.807) is 33.3 Å². The number of methoxy groups -OCH3 is 1. The topological polar surface area (TPSA) is 53.1 Å². The van der Waals surface area contributed by atoms with Crippen molar-refractivity contribution in [3.05, 3.63) is 54.1 Å². The fourth-order valence-electron chi connectivity index (χ4n) is 3.24. The van der Waals surface area contributed by atoms with Crippen LogP contribution >= 0.6 is 0 Å². The van der Waals surface area contributed by atoms with E-state index in [9.17, 15) is 8.42 Å². The molecule has 27 heavy (non-hydrogen) atoms. The first-order valence-electron chi connectivity index (χ1n) is 9.03. The van der Waals surface area contributed by atoms with Crippen molar-refractivity contribution in [2.75, 3.05) is 52.3 Å². The lowest BCUT2D eigenvalue weighted by atomic mass is 10.2. The Morgan fingerprint density at radius 1 is 1.00 bits per heavy atom. The van der Waals surface area contributed by atoms with Crippen molar-refractivity contribution >= 4 is 15.7 Å². The first-order chi connectivity index (χ1) is 12.9. The minimum absolute atomic E-state index is 0.347. The van der Waals surface area contributed by atoms with Crippen LogP contribution in [-0.2, 0) is 16.6 Å². The standard InChI is InChI=1S/C20H27N3O3S/c1-21(2)27(24,25)20-9-4-6-17(14-20)16-22-10-12-23(13-11-22)18-7-5-8-19(15-18)26-3/h4-9,14-15H,10-13,16H2,1-3H3. The first-order valence-corrected chi connectivity index (χ1v) is 10.5. The SMILES string of the molecule is COc1cccc(N2CCN(Cc3cccc(S(=O)(=O)N(C)C)c3)CC2)c1. The summed E-state index contributed by atoms with van der Waals surface area (Å²) >= 11 is 0. The largest absolute Gasteiger partial charge is 0.497 e. The molecule has 0 spiro atoms. The van der Waals surface area contributed by atoms with Crippen molar-refractivity contribution in [3.8, 4) is 5.75 Å². The molecule has 7 heteroatoms. The third-order valence-electron chi connectivity index (χ3n) is 4.87. The Kier molecular flexibility index (Phi) is 6.04. The first kappa shape index (κ1) is 19.7. The Balaban J connectivity index is 1.63. The summed E-state index contributed by atoms with van der Waals surface area (Å²) in [5.74, 6) is 0.869. The Morgan fingerprint density at radius 2 is 1.70 bits per heavy atom. The maximum absolute atomic E-state index is 12.3. The number of anilines is 1. The average Bonchev–Trinajstić information content (AvgIpc) is 2.68. The van der Waals surface area contributed by atoms with Crippen molar-refractivity contribution in [2.45, 2.75) is 11.4 Å². The van der Waals surface area contributed by atoms with Crippen molar-refractivity contribution in [1.82, 2.24) is 9.21 Å². The molecule has 0 bridgehead atoms. The lowest BCUT2D eigenvalue weighted by Gasteiger charge is -2.36. The maximum atomic E-state index is 12.3. The Labute approximate surface area is 162 Å². The number of sulfonamides is 1. The highest BCUT2D eigenvalue weighted by Crippen LogP contribution is 2.23. The van der Waals surface area contributed by atoms with Crippen molar-refractivity contribution in [1.29, 1.82) is 0 Å². The minimum atomic E-state index is -3.40. The monoisotopic (exact) mass is 389 g/mol. The lowest BCUT2D eigenvalue weighted by Crippen LogP contribution is -2.46. The van der Waals surface area contributed by atoms with Gasteiger partial charge in [0, 0.05) is 58.6 Å². The Morgan fingerprint density at radius 3 is 2.37 bits per heavy atom. The lowest BCUT2D eigenvalue weighted by molar-refractivity contribution is 0.249. The highest BCUT2D eigenvalue weighted by molar-refractivity contribution is 7.89. The molecule has 6 nitrogen and oxygen atoms in total. The molecular weight excluding hydrogens is 362 g/mol. The van der Waals surface area contributed by atoms with E-state index in [0.29, 0.717) is 4.90 Å². The molecule has 0 aromatic heterocycles. The molecule has 0 N–H and O–H groups in total. The van der Waals surface area contributed by atoms with Crippen LogP contribution in [-0.4, -0.2) is 65.0 Å². The maximum Gasteiger partial charge on any atom is 0.242 e. The van der Waals surface area contributed by atoms with Gasteiger partial charge in [0.1, 0.15) is 5.75 Å². The molecule has 2 aromatic rings. The molecule has 146 valence electrons. The summed E-state index contributed by atoms with van der Waals surface area (Å²) in [7, 11) is 1.40. The third-order valence-corrected chi connectivity index (χ3v) is 6.69. The van der Waals surface area contributed by atoms with E-state index < -0.39 is 10.0 Å². The van der Waals surface area contributed by atoms with Crippen LogP contribution in [0.15, 0.2) is 53.4 Å². The van der Waals surface area contributed by atoms with Gasteiger partial charge in [-0.15, -0.1) is 0 Å². The van der Waals surface area contributed by atoms with Crippen LogP contribution in [0.3, 0.4) is 0 Å². The van der Waals surface area contributed by atoms with Crippen molar-refractivity contribution in [2.24, 2.45) is 0 Å². The molecule has 0 amide bonds. The van der Waals surface area contributed by atoms with Gasteiger partial charge >= 0.3 is 0 Å². The van der Waals surface area contributed by atoms with Crippen LogP contribution in [0.5, 0.6) is 5.75 Å². The van der Waals surface area contributed by atoms with Crippen LogP contribution in [0, 0.1) is 0 Å². The molecule has 0 aliphatic carbocycles. The minimum Gasteiger partial charge on any atom is -0.497 e. The molecule has 0 radical (unpaired) electrons. The average molecular weight is 390 g/mol. The third kappa shape index (κ3) is 4.61. The number of piperazine rings is 1. The molecule has 1 saturated heterocycles. The van der Waals surface area contributed by atoms with E-state index in [-0.39, 0.29) is 0 Å². The molecule has 0 saturated carbocycles.